The number of hydrogen-bond donors (Lipinski definition) is 1. The van der Waals surface area contributed by atoms with Crippen molar-refractivity contribution in [3.05, 3.63) is 55.9 Å². The van der Waals surface area contributed by atoms with Gasteiger partial charge in [-0.2, -0.15) is 0 Å². The molecule has 0 spiro atoms. The summed E-state index contributed by atoms with van der Waals surface area (Å²) in [5.41, 5.74) is 1.05. The minimum absolute atomic E-state index is 0.00929. The molecule has 0 saturated carbocycles. The van der Waals surface area contributed by atoms with Gasteiger partial charge in [0.2, 0.25) is 0 Å². The molecule has 3 aromatic rings. The van der Waals surface area contributed by atoms with Crippen molar-refractivity contribution in [3.63, 3.8) is 0 Å². The molecule has 0 amide bonds. The van der Waals surface area contributed by atoms with Crippen molar-refractivity contribution in [2.24, 2.45) is 0 Å². The van der Waals surface area contributed by atoms with Gasteiger partial charge in [-0.3, -0.25) is 14.9 Å². The van der Waals surface area contributed by atoms with Gasteiger partial charge in [-0.25, -0.2) is 4.98 Å². The van der Waals surface area contributed by atoms with Crippen LogP contribution in [-0.2, 0) is 6.42 Å². The molecule has 0 aliphatic rings. The third kappa shape index (κ3) is 3.11. The Balaban J connectivity index is 2.11. The molecule has 0 saturated heterocycles. The number of hydrogen-bond acceptors (Lipinski definition) is 5. The van der Waals surface area contributed by atoms with Crippen LogP contribution in [0.2, 0.25) is 0 Å². The first-order valence-electron chi connectivity index (χ1n) is 6.91. The number of fused-ring (bicyclic) bond motifs is 1. The molecule has 23 heavy (non-hydrogen) atoms. The third-order valence-electron chi connectivity index (χ3n) is 3.41. The Labute approximate surface area is 139 Å². The predicted molar refractivity (Wildman–Crippen MR) is 91.4 cm³/mol. The zero-order valence-electron chi connectivity index (χ0n) is 11.9. The van der Waals surface area contributed by atoms with Crippen molar-refractivity contribution in [2.45, 2.75) is 12.8 Å². The number of benzene rings is 1. The summed E-state index contributed by atoms with van der Waals surface area (Å²) in [4.78, 5) is 30.7. The van der Waals surface area contributed by atoms with E-state index in [0.29, 0.717) is 39.5 Å². The smallest absolute Gasteiger partial charge is 0.270 e. The van der Waals surface area contributed by atoms with Crippen molar-refractivity contribution >= 4 is 38.8 Å². The van der Waals surface area contributed by atoms with Crippen molar-refractivity contribution in [1.29, 1.82) is 0 Å². The largest absolute Gasteiger partial charge is 0.310 e. The molecule has 118 valence electrons. The Morgan fingerprint density at radius 1 is 1.39 bits per heavy atom. The van der Waals surface area contributed by atoms with Crippen LogP contribution in [0.4, 0.5) is 5.69 Å². The molecule has 0 radical (unpaired) electrons. The normalized spacial score (nSPS) is 11.0. The van der Waals surface area contributed by atoms with Gasteiger partial charge in [0.25, 0.3) is 11.2 Å². The molecule has 6 nitrogen and oxygen atoms in total. The van der Waals surface area contributed by atoms with Crippen LogP contribution in [0.5, 0.6) is 0 Å². The minimum Gasteiger partial charge on any atom is -0.310 e. The van der Waals surface area contributed by atoms with E-state index in [-0.39, 0.29) is 11.2 Å². The van der Waals surface area contributed by atoms with Gasteiger partial charge in [0.05, 0.1) is 10.3 Å². The highest BCUT2D eigenvalue weighted by molar-refractivity contribution is 7.17. The van der Waals surface area contributed by atoms with E-state index in [2.05, 4.69) is 9.97 Å². The molecular formula is C15H12ClN3O3S. The number of halogens is 1. The highest BCUT2D eigenvalue weighted by Gasteiger charge is 2.15. The maximum absolute atomic E-state index is 12.4. The van der Waals surface area contributed by atoms with Crippen molar-refractivity contribution in [2.75, 3.05) is 5.88 Å². The lowest BCUT2D eigenvalue weighted by Gasteiger charge is -2.01. The summed E-state index contributed by atoms with van der Waals surface area (Å²) in [5.74, 6) is 1.11. The number of H-pyrrole nitrogens is 1. The van der Waals surface area contributed by atoms with E-state index < -0.39 is 4.92 Å². The van der Waals surface area contributed by atoms with Gasteiger partial charge >= 0.3 is 0 Å². The maximum Gasteiger partial charge on any atom is 0.270 e. The molecule has 1 aromatic carbocycles. The highest BCUT2D eigenvalue weighted by atomic mass is 35.5. The molecule has 0 aliphatic carbocycles. The van der Waals surface area contributed by atoms with E-state index in [9.17, 15) is 14.9 Å². The summed E-state index contributed by atoms with van der Waals surface area (Å²) >= 11 is 7.01. The quantitative estimate of drug-likeness (QED) is 0.431. The summed E-state index contributed by atoms with van der Waals surface area (Å²) in [6, 6.07) is 6.23. The molecule has 2 heterocycles. The average molecular weight is 350 g/mol. The topological polar surface area (TPSA) is 88.9 Å². The molecule has 0 aliphatic heterocycles. The fraction of sp³-hybridized carbons (Fsp3) is 0.200. The SMILES string of the molecule is O=c1[nH]c(CCCCl)nc2scc(-c3cccc([N+](=O)[O-])c3)c12. The van der Waals surface area contributed by atoms with Gasteiger partial charge in [-0.1, -0.05) is 12.1 Å². The van der Waals surface area contributed by atoms with Crippen LogP contribution in [0.3, 0.4) is 0 Å². The summed E-state index contributed by atoms with van der Waals surface area (Å²) in [6.07, 6.45) is 1.35. The van der Waals surface area contributed by atoms with Crippen molar-refractivity contribution < 1.29 is 4.92 Å². The lowest BCUT2D eigenvalue weighted by molar-refractivity contribution is -0.384. The molecule has 3 rings (SSSR count). The zero-order chi connectivity index (χ0) is 16.4. The lowest BCUT2D eigenvalue weighted by atomic mass is 10.1. The number of nitrogens with one attached hydrogen (secondary N) is 1. The van der Waals surface area contributed by atoms with E-state index in [1.54, 1.807) is 17.5 Å². The van der Waals surface area contributed by atoms with Gasteiger partial charge < -0.3 is 4.98 Å². The fourth-order valence-corrected chi connectivity index (χ4v) is 3.45. The van der Waals surface area contributed by atoms with E-state index in [1.165, 1.54) is 23.5 Å². The molecular weight excluding hydrogens is 338 g/mol. The second-order valence-corrected chi connectivity index (χ2v) is 6.18. The number of aromatic nitrogens is 2. The second kappa shape index (κ2) is 6.47. The Hall–Kier alpha value is -2.25. The van der Waals surface area contributed by atoms with Crippen molar-refractivity contribution in [3.8, 4) is 11.1 Å². The van der Waals surface area contributed by atoms with Crippen LogP contribution in [0, 0.1) is 10.1 Å². The Kier molecular flexibility index (Phi) is 4.40. The Morgan fingerprint density at radius 3 is 2.96 bits per heavy atom. The number of non-ortho nitro benzene ring substituents is 1. The van der Waals surface area contributed by atoms with Gasteiger partial charge in [-0.15, -0.1) is 22.9 Å². The molecule has 8 heteroatoms. The summed E-state index contributed by atoms with van der Waals surface area (Å²) < 4.78 is 0. The molecule has 0 bridgehead atoms. The lowest BCUT2D eigenvalue weighted by Crippen LogP contribution is -2.11. The van der Waals surface area contributed by atoms with Gasteiger partial charge in [-0.05, 0) is 12.0 Å². The standard InChI is InChI=1S/C15H12ClN3O3S/c16-6-2-5-12-17-14(20)13-11(8-23-15(13)18-12)9-3-1-4-10(7-9)19(21)22/h1,3-4,7-8H,2,5-6H2,(H,17,18,20). The number of alkyl halides is 1. The molecule has 0 unspecified atom stereocenters. The average Bonchev–Trinajstić information content (AvgIpc) is 2.97. The van der Waals surface area contributed by atoms with Crippen LogP contribution in [0.25, 0.3) is 21.3 Å². The number of nitro benzene ring substituents is 1. The molecule has 0 fully saturated rings. The van der Waals surface area contributed by atoms with E-state index in [4.69, 9.17) is 11.6 Å². The van der Waals surface area contributed by atoms with Crippen LogP contribution < -0.4 is 5.56 Å². The first-order chi connectivity index (χ1) is 11.1. The van der Waals surface area contributed by atoms with Gasteiger partial charge in [0.1, 0.15) is 10.7 Å². The predicted octanol–water partition coefficient (Wildman–Crippen LogP) is 3.73. The number of thiophene rings is 1. The minimum atomic E-state index is -0.454. The number of aromatic amines is 1. The van der Waals surface area contributed by atoms with E-state index >= 15 is 0 Å². The van der Waals surface area contributed by atoms with Crippen LogP contribution >= 0.6 is 22.9 Å². The number of aryl methyl sites for hydroxylation is 1. The van der Waals surface area contributed by atoms with Gasteiger partial charge in [0.15, 0.2) is 0 Å². The fourth-order valence-electron chi connectivity index (χ4n) is 2.35. The van der Waals surface area contributed by atoms with Crippen LogP contribution in [0.1, 0.15) is 12.2 Å². The summed E-state index contributed by atoms with van der Waals surface area (Å²) in [5, 5.41) is 13.2. The third-order valence-corrected chi connectivity index (χ3v) is 4.55. The maximum atomic E-state index is 12.4. The number of rotatable bonds is 5. The first-order valence-corrected chi connectivity index (χ1v) is 8.32. The van der Waals surface area contributed by atoms with Crippen LogP contribution in [0.15, 0.2) is 34.4 Å². The Morgan fingerprint density at radius 2 is 2.22 bits per heavy atom. The number of nitrogens with zero attached hydrogens (tertiary/aromatic N) is 2. The summed E-state index contributed by atoms with van der Waals surface area (Å²) in [7, 11) is 0. The Bertz CT molecular complexity index is 935. The van der Waals surface area contributed by atoms with Crippen LogP contribution in [-0.4, -0.2) is 20.8 Å². The molecule has 2 aromatic heterocycles. The summed E-state index contributed by atoms with van der Waals surface area (Å²) in [6.45, 7) is 0. The van der Waals surface area contributed by atoms with Gasteiger partial charge in [0, 0.05) is 35.4 Å². The van der Waals surface area contributed by atoms with E-state index in [0.717, 1.165) is 6.42 Å². The first kappa shape index (κ1) is 15.6. The zero-order valence-corrected chi connectivity index (χ0v) is 13.5. The van der Waals surface area contributed by atoms with Crippen molar-refractivity contribution in [1.82, 2.24) is 9.97 Å². The number of nitro groups is 1. The second-order valence-electron chi connectivity index (χ2n) is 4.94. The molecule has 0 atom stereocenters. The molecule has 1 N–H and O–H groups in total. The van der Waals surface area contributed by atoms with E-state index in [1.807, 2.05) is 0 Å². The monoisotopic (exact) mass is 349 g/mol. The highest BCUT2D eigenvalue weighted by Crippen LogP contribution is 2.32.